The lowest BCUT2D eigenvalue weighted by Gasteiger charge is -2.21. The van der Waals surface area contributed by atoms with Gasteiger partial charge in [0.15, 0.2) is 0 Å². The van der Waals surface area contributed by atoms with Crippen molar-refractivity contribution in [2.45, 2.75) is 13.0 Å². The van der Waals surface area contributed by atoms with Gasteiger partial charge in [-0.3, -0.25) is 19.3 Å². The molecule has 3 amide bonds. The van der Waals surface area contributed by atoms with Gasteiger partial charge in [-0.25, -0.2) is 0 Å². The van der Waals surface area contributed by atoms with Crippen molar-refractivity contribution in [3.05, 3.63) is 64.7 Å². The van der Waals surface area contributed by atoms with Crippen LogP contribution in [0, 0.1) is 0 Å². The average Bonchev–Trinajstić information content (AvgIpc) is 2.81. The summed E-state index contributed by atoms with van der Waals surface area (Å²) in [5.41, 5.74) is 1.06. The molecular formula is C17H13ClN2O3. The number of carbonyl (C=O) groups excluding carboxylic acids is 3. The van der Waals surface area contributed by atoms with E-state index >= 15 is 0 Å². The molecular weight excluding hydrogens is 316 g/mol. The molecule has 0 fully saturated rings. The molecule has 2 aromatic rings. The van der Waals surface area contributed by atoms with E-state index in [-0.39, 0.29) is 0 Å². The highest BCUT2D eigenvalue weighted by Gasteiger charge is 2.40. The summed E-state index contributed by atoms with van der Waals surface area (Å²) in [6.07, 6.45) is 0. The van der Waals surface area contributed by atoms with Gasteiger partial charge in [0.25, 0.3) is 11.8 Å². The summed E-state index contributed by atoms with van der Waals surface area (Å²) in [6.45, 7) is 1.51. The third kappa shape index (κ3) is 2.59. The maximum absolute atomic E-state index is 12.4. The van der Waals surface area contributed by atoms with Gasteiger partial charge in [-0.15, -0.1) is 0 Å². The molecule has 1 N–H and O–H groups in total. The predicted molar refractivity (Wildman–Crippen MR) is 86.5 cm³/mol. The number of amides is 3. The molecule has 6 heteroatoms. The highest BCUT2D eigenvalue weighted by molar-refractivity contribution is 6.33. The molecule has 1 atom stereocenters. The van der Waals surface area contributed by atoms with Crippen molar-refractivity contribution in [2.24, 2.45) is 0 Å². The number of hydrogen-bond acceptors (Lipinski definition) is 3. The molecule has 0 spiro atoms. The van der Waals surface area contributed by atoms with Crippen LogP contribution in [-0.2, 0) is 4.79 Å². The highest BCUT2D eigenvalue weighted by atomic mass is 35.5. The van der Waals surface area contributed by atoms with Crippen LogP contribution in [0.25, 0.3) is 0 Å². The minimum Gasteiger partial charge on any atom is -0.323 e. The van der Waals surface area contributed by atoms with Gasteiger partial charge in [0.05, 0.1) is 21.8 Å². The van der Waals surface area contributed by atoms with E-state index in [1.807, 2.05) is 0 Å². The lowest BCUT2D eigenvalue weighted by atomic mass is 10.1. The third-order valence-electron chi connectivity index (χ3n) is 3.72. The van der Waals surface area contributed by atoms with E-state index in [9.17, 15) is 14.4 Å². The van der Waals surface area contributed by atoms with Crippen molar-refractivity contribution in [3.8, 4) is 0 Å². The van der Waals surface area contributed by atoms with Gasteiger partial charge in [0.1, 0.15) is 6.04 Å². The number of nitrogens with one attached hydrogen (secondary N) is 1. The summed E-state index contributed by atoms with van der Waals surface area (Å²) in [6, 6.07) is 12.3. The van der Waals surface area contributed by atoms with E-state index in [4.69, 9.17) is 11.6 Å². The average molecular weight is 329 g/mol. The van der Waals surface area contributed by atoms with Gasteiger partial charge >= 0.3 is 0 Å². The fourth-order valence-electron chi connectivity index (χ4n) is 2.48. The van der Waals surface area contributed by atoms with Crippen LogP contribution in [0.5, 0.6) is 0 Å². The van der Waals surface area contributed by atoms with Crippen LogP contribution < -0.4 is 5.32 Å². The first-order valence-electron chi connectivity index (χ1n) is 7.03. The number of rotatable bonds is 3. The largest absolute Gasteiger partial charge is 0.323 e. The summed E-state index contributed by atoms with van der Waals surface area (Å²) in [7, 11) is 0. The number of imide groups is 1. The van der Waals surface area contributed by atoms with Gasteiger partial charge in [-0.2, -0.15) is 0 Å². The van der Waals surface area contributed by atoms with Gasteiger partial charge in [-0.05, 0) is 31.2 Å². The number of benzene rings is 2. The smallest absolute Gasteiger partial charge is 0.262 e. The predicted octanol–water partition coefficient (Wildman–Crippen LogP) is 2.96. The Bertz CT molecular complexity index is 784. The second-order valence-corrected chi connectivity index (χ2v) is 5.58. The van der Waals surface area contributed by atoms with E-state index in [1.54, 1.807) is 48.5 Å². The maximum atomic E-state index is 12.4. The van der Waals surface area contributed by atoms with Crippen LogP contribution in [0.2, 0.25) is 5.02 Å². The Hall–Kier alpha value is -2.66. The molecule has 1 unspecified atom stereocenters. The van der Waals surface area contributed by atoms with E-state index in [0.717, 1.165) is 4.90 Å². The third-order valence-corrected chi connectivity index (χ3v) is 4.05. The Morgan fingerprint density at radius 1 is 1.00 bits per heavy atom. The van der Waals surface area contributed by atoms with Crippen molar-refractivity contribution in [2.75, 3.05) is 5.32 Å². The zero-order chi connectivity index (χ0) is 16.6. The molecule has 0 bridgehead atoms. The normalized spacial score (nSPS) is 14.6. The van der Waals surface area contributed by atoms with E-state index in [0.29, 0.717) is 21.8 Å². The van der Waals surface area contributed by atoms with Gasteiger partial charge in [0.2, 0.25) is 5.91 Å². The molecule has 0 saturated heterocycles. The molecule has 0 radical (unpaired) electrons. The topological polar surface area (TPSA) is 66.5 Å². The van der Waals surface area contributed by atoms with Gasteiger partial charge in [-0.1, -0.05) is 35.9 Å². The summed E-state index contributed by atoms with van der Waals surface area (Å²) in [4.78, 5) is 38.1. The Kier molecular flexibility index (Phi) is 3.88. The number of para-hydroxylation sites is 1. The molecule has 5 nitrogen and oxygen atoms in total. The molecule has 2 aromatic carbocycles. The SMILES string of the molecule is CC(C(=O)Nc1ccccc1Cl)N1C(=O)c2ccccc2C1=O. The van der Waals surface area contributed by atoms with Crippen LogP contribution in [0.15, 0.2) is 48.5 Å². The van der Waals surface area contributed by atoms with E-state index in [2.05, 4.69) is 5.32 Å². The summed E-state index contributed by atoms with van der Waals surface area (Å²) < 4.78 is 0. The minimum absolute atomic E-state index is 0.315. The summed E-state index contributed by atoms with van der Waals surface area (Å²) in [5.74, 6) is -1.41. The molecule has 0 saturated carbocycles. The first-order chi connectivity index (χ1) is 11.0. The first-order valence-corrected chi connectivity index (χ1v) is 7.41. The Balaban J connectivity index is 1.83. The molecule has 116 valence electrons. The minimum atomic E-state index is -0.946. The number of carbonyl (C=O) groups is 3. The van der Waals surface area contributed by atoms with Crippen LogP contribution in [-0.4, -0.2) is 28.7 Å². The van der Waals surface area contributed by atoms with Crippen molar-refractivity contribution in [3.63, 3.8) is 0 Å². The number of hydrogen-bond donors (Lipinski definition) is 1. The van der Waals surface area contributed by atoms with Crippen molar-refractivity contribution < 1.29 is 14.4 Å². The second kappa shape index (κ2) is 5.85. The molecule has 3 rings (SSSR count). The zero-order valence-corrected chi connectivity index (χ0v) is 13.0. The second-order valence-electron chi connectivity index (χ2n) is 5.17. The number of halogens is 1. The fourth-order valence-corrected chi connectivity index (χ4v) is 2.66. The highest BCUT2D eigenvalue weighted by Crippen LogP contribution is 2.26. The molecule has 1 aliphatic heterocycles. The number of nitrogens with zero attached hydrogens (tertiary/aromatic N) is 1. The molecule has 0 aromatic heterocycles. The Morgan fingerprint density at radius 3 is 2.09 bits per heavy atom. The zero-order valence-electron chi connectivity index (χ0n) is 12.2. The fraction of sp³-hybridized carbons (Fsp3) is 0.118. The molecule has 0 aliphatic carbocycles. The van der Waals surface area contributed by atoms with Crippen molar-refractivity contribution >= 4 is 35.0 Å². The van der Waals surface area contributed by atoms with Crippen LogP contribution in [0.1, 0.15) is 27.6 Å². The lowest BCUT2D eigenvalue weighted by Crippen LogP contribution is -2.45. The monoisotopic (exact) mass is 328 g/mol. The first kappa shape index (κ1) is 15.2. The van der Waals surface area contributed by atoms with E-state index in [1.165, 1.54) is 6.92 Å². The van der Waals surface area contributed by atoms with Crippen LogP contribution >= 0.6 is 11.6 Å². The number of fused-ring (bicyclic) bond motifs is 1. The number of anilines is 1. The standard InChI is InChI=1S/C17H13ClN2O3/c1-10(15(21)19-14-9-5-4-8-13(14)18)20-16(22)11-6-2-3-7-12(11)17(20)23/h2-10H,1H3,(H,19,21). The van der Waals surface area contributed by atoms with Crippen molar-refractivity contribution in [1.82, 2.24) is 4.90 Å². The quantitative estimate of drug-likeness (QED) is 0.881. The lowest BCUT2D eigenvalue weighted by molar-refractivity contribution is -0.119. The molecule has 23 heavy (non-hydrogen) atoms. The van der Waals surface area contributed by atoms with Gasteiger partial charge < -0.3 is 5.32 Å². The summed E-state index contributed by atoms with van der Waals surface area (Å²) in [5, 5.41) is 3.02. The van der Waals surface area contributed by atoms with E-state index < -0.39 is 23.8 Å². The maximum Gasteiger partial charge on any atom is 0.262 e. The van der Waals surface area contributed by atoms with Crippen LogP contribution in [0.3, 0.4) is 0 Å². The molecule has 1 aliphatic rings. The van der Waals surface area contributed by atoms with Crippen molar-refractivity contribution in [1.29, 1.82) is 0 Å². The molecule has 1 heterocycles. The Labute approximate surface area is 137 Å². The summed E-state index contributed by atoms with van der Waals surface area (Å²) >= 11 is 6.00. The van der Waals surface area contributed by atoms with Gasteiger partial charge in [0, 0.05) is 0 Å². The Morgan fingerprint density at radius 2 is 1.52 bits per heavy atom. The van der Waals surface area contributed by atoms with Crippen LogP contribution in [0.4, 0.5) is 5.69 Å².